The molecule has 3 rings (SSSR count). The summed E-state index contributed by atoms with van der Waals surface area (Å²) in [6.45, 7) is 4.83. The third-order valence-electron chi connectivity index (χ3n) is 4.07. The monoisotopic (exact) mass is 382 g/mol. The van der Waals surface area contributed by atoms with Crippen molar-refractivity contribution in [2.45, 2.75) is 24.6 Å². The fourth-order valence-corrected chi connectivity index (χ4v) is 3.38. The highest BCUT2D eigenvalue weighted by molar-refractivity contribution is 7.98. The standard InChI is InChI=1S/C20H22N4O2S/c1-4-24(3)17-8-5-7-15(12-17)22-19(25)18-9-6-10-21-20(18)27-13-16-11-14(2)26-23-16/h5-12H,4,13H2,1-3H3,(H,22,25). The molecule has 0 bridgehead atoms. The Morgan fingerprint density at radius 2 is 2.11 bits per heavy atom. The van der Waals surface area contributed by atoms with E-state index in [4.69, 9.17) is 4.52 Å². The van der Waals surface area contributed by atoms with Crippen LogP contribution in [0.4, 0.5) is 11.4 Å². The number of carbonyl (C=O) groups is 1. The molecular formula is C20H22N4O2S. The number of hydrogen-bond acceptors (Lipinski definition) is 6. The molecule has 7 heteroatoms. The number of benzene rings is 1. The number of hydrogen-bond donors (Lipinski definition) is 1. The van der Waals surface area contributed by atoms with Gasteiger partial charge < -0.3 is 14.7 Å². The molecule has 2 aromatic heterocycles. The van der Waals surface area contributed by atoms with Crippen LogP contribution in [-0.4, -0.2) is 29.6 Å². The van der Waals surface area contributed by atoms with Gasteiger partial charge in [0.2, 0.25) is 0 Å². The zero-order valence-electron chi connectivity index (χ0n) is 15.6. The Hall–Kier alpha value is -2.80. The summed E-state index contributed by atoms with van der Waals surface area (Å²) < 4.78 is 5.08. The van der Waals surface area contributed by atoms with E-state index in [1.54, 1.807) is 18.3 Å². The fourth-order valence-electron chi connectivity index (χ4n) is 2.51. The second kappa shape index (κ2) is 8.73. The molecule has 0 atom stereocenters. The van der Waals surface area contributed by atoms with E-state index in [0.29, 0.717) is 16.3 Å². The number of rotatable bonds is 7. The van der Waals surface area contributed by atoms with Gasteiger partial charge in [-0.1, -0.05) is 23.0 Å². The van der Waals surface area contributed by atoms with Crippen molar-refractivity contribution in [1.29, 1.82) is 0 Å². The smallest absolute Gasteiger partial charge is 0.258 e. The number of amides is 1. The van der Waals surface area contributed by atoms with Gasteiger partial charge in [0.05, 0.1) is 11.3 Å². The predicted octanol–water partition coefficient (Wildman–Crippen LogP) is 4.38. The van der Waals surface area contributed by atoms with E-state index in [2.05, 4.69) is 27.3 Å². The van der Waals surface area contributed by atoms with Crippen molar-refractivity contribution in [1.82, 2.24) is 10.1 Å². The van der Waals surface area contributed by atoms with E-state index in [-0.39, 0.29) is 5.91 Å². The number of nitrogens with zero attached hydrogens (tertiary/aromatic N) is 3. The molecular weight excluding hydrogens is 360 g/mol. The molecule has 1 aromatic carbocycles. The van der Waals surface area contributed by atoms with Crippen LogP contribution in [-0.2, 0) is 5.75 Å². The van der Waals surface area contributed by atoms with Crippen LogP contribution < -0.4 is 10.2 Å². The van der Waals surface area contributed by atoms with Gasteiger partial charge in [0, 0.05) is 43.0 Å². The van der Waals surface area contributed by atoms with Gasteiger partial charge in [-0.25, -0.2) is 4.98 Å². The Balaban J connectivity index is 1.73. The van der Waals surface area contributed by atoms with Crippen molar-refractivity contribution in [2.24, 2.45) is 0 Å². The van der Waals surface area contributed by atoms with Gasteiger partial charge in [0.25, 0.3) is 5.91 Å². The van der Waals surface area contributed by atoms with E-state index in [1.807, 2.05) is 44.3 Å². The molecule has 0 aliphatic rings. The van der Waals surface area contributed by atoms with Gasteiger partial charge in [-0.3, -0.25) is 4.79 Å². The largest absolute Gasteiger partial charge is 0.375 e. The van der Waals surface area contributed by atoms with E-state index in [9.17, 15) is 4.79 Å². The SMILES string of the molecule is CCN(C)c1cccc(NC(=O)c2cccnc2SCc2cc(C)on2)c1. The van der Waals surface area contributed by atoms with E-state index >= 15 is 0 Å². The minimum Gasteiger partial charge on any atom is -0.375 e. The predicted molar refractivity (Wildman–Crippen MR) is 108 cm³/mol. The molecule has 0 radical (unpaired) electrons. The quantitative estimate of drug-likeness (QED) is 0.612. The van der Waals surface area contributed by atoms with Crippen molar-refractivity contribution in [3.63, 3.8) is 0 Å². The highest BCUT2D eigenvalue weighted by Crippen LogP contribution is 2.25. The lowest BCUT2D eigenvalue weighted by atomic mass is 10.2. The molecule has 0 unspecified atom stereocenters. The third-order valence-corrected chi connectivity index (χ3v) is 5.11. The summed E-state index contributed by atoms with van der Waals surface area (Å²) >= 11 is 1.46. The summed E-state index contributed by atoms with van der Waals surface area (Å²) in [4.78, 5) is 19.3. The Morgan fingerprint density at radius 1 is 1.26 bits per heavy atom. The highest BCUT2D eigenvalue weighted by atomic mass is 32.2. The van der Waals surface area contributed by atoms with Crippen LogP contribution in [0.1, 0.15) is 28.7 Å². The molecule has 6 nitrogen and oxygen atoms in total. The average molecular weight is 382 g/mol. The maximum Gasteiger partial charge on any atom is 0.258 e. The minimum atomic E-state index is -0.182. The summed E-state index contributed by atoms with van der Waals surface area (Å²) in [5.41, 5.74) is 3.17. The first kappa shape index (κ1) is 19.0. The first-order valence-corrected chi connectivity index (χ1v) is 9.68. The van der Waals surface area contributed by atoms with Gasteiger partial charge in [-0.15, -0.1) is 0 Å². The summed E-state index contributed by atoms with van der Waals surface area (Å²) in [6, 6.07) is 13.2. The van der Waals surface area contributed by atoms with Crippen LogP contribution in [0.15, 0.2) is 58.2 Å². The normalized spacial score (nSPS) is 10.6. The van der Waals surface area contributed by atoms with Crippen molar-refractivity contribution in [2.75, 3.05) is 23.8 Å². The Bertz CT molecular complexity index is 926. The second-order valence-corrected chi connectivity index (χ2v) is 7.06. The van der Waals surface area contributed by atoms with Crippen molar-refractivity contribution >= 4 is 29.0 Å². The van der Waals surface area contributed by atoms with Gasteiger partial charge in [0.15, 0.2) is 0 Å². The van der Waals surface area contributed by atoms with E-state index in [1.165, 1.54) is 11.8 Å². The molecule has 0 aliphatic heterocycles. The summed E-state index contributed by atoms with van der Waals surface area (Å²) in [5, 5.41) is 7.61. The number of anilines is 2. The molecule has 3 aromatic rings. The number of carbonyl (C=O) groups excluding carboxylic acids is 1. The molecule has 0 saturated carbocycles. The fraction of sp³-hybridized carbons (Fsp3) is 0.250. The molecule has 1 N–H and O–H groups in total. The molecule has 2 heterocycles. The maximum atomic E-state index is 12.8. The molecule has 140 valence electrons. The van der Waals surface area contributed by atoms with Crippen LogP contribution in [0.3, 0.4) is 0 Å². The number of thioether (sulfide) groups is 1. The van der Waals surface area contributed by atoms with Gasteiger partial charge in [-0.05, 0) is 44.2 Å². The van der Waals surface area contributed by atoms with Gasteiger partial charge >= 0.3 is 0 Å². The molecule has 0 saturated heterocycles. The van der Waals surface area contributed by atoms with E-state index in [0.717, 1.165) is 29.4 Å². The number of nitrogens with one attached hydrogen (secondary N) is 1. The lowest BCUT2D eigenvalue weighted by molar-refractivity contribution is 0.102. The summed E-state index contributed by atoms with van der Waals surface area (Å²) in [7, 11) is 2.02. The number of pyridine rings is 1. The topological polar surface area (TPSA) is 71.3 Å². The first-order valence-electron chi connectivity index (χ1n) is 8.69. The highest BCUT2D eigenvalue weighted by Gasteiger charge is 2.14. The zero-order valence-corrected chi connectivity index (χ0v) is 16.4. The number of aryl methyl sites for hydroxylation is 1. The van der Waals surface area contributed by atoms with Crippen LogP contribution in [0, 0.1) is 6.92 Å². The molecule has 0 aliphatic carbocycles. The van der Waals surface area contributed by atoms with Crippen LogP contribution in [0.2, 0.25) is 0 Å². The average Bonchev–Trinajstić information content (AvgIpc) is 3.11. The lowest BCUT2D eigenvalue weighted by Crippen LogP contribution is -2.17. The summed E-state index contributed by atoms with van der Waals surface area (Å²) in [5.74, 6) is 1.17. The third kappa shape index (κ3) is 4.89. The van der Waals surface area contributed by atoms with Crippen LogP contribution in [0.25, 0.3) is 0 Å². The maximum absolute atomic E-state index is 12.8. The van der Waals surface area contributed by atoms with Crippen molar-refractivity contribution in [3.05, 3.63) is 65.7 Å². The van der Waals surface area contributed by atoms with E-state index < -0.39 is 0 Å². The van der Waals surface area contributed by atoms with Crippen molar-refractivity contribution < 1.29 is 9.32 Å². The molecule has 1 amide bonds. The molecule has 0 spiro atoms. The number of aromatic nitrogens is 2. The van der Waals surface area contributed by atoms with Gasteiger partial charge in [0.1, 0.15) is 10.8 Å². The Labute approximate surface area is 163 Å². The van der Waals surface area contributed by atoms with Crippen LogP contribution >= 0.6 is 11.8 Å². The molecule has 27 heavy (non-hydrogen) atoms. The Morgan fingerprint density at radius 3 is 2.85 bits per heavy atom. The zero-order chi connectivity index (χ0) is 19.2. The summed E-state index contributed by atoms with van der Waals surface area (Å²) in [6.07, 6.45) is 1.68. The van der Waals surface area contributed by atoms with Crippen molar-refractivity contribution in [3.8, 4) is 0 Å². The first-order chi connectivity index (χ1) is 13.1. The lowest BCUT2D eigenvalue weighted by Gasteiger charge is -2.17. The Kier molecular flexibility index (Phi) is 6.13. The van der Waals surface area contributed by atoms with Crippen LogP contribution in [0.5, 0.6) is 0 Å². The minimum absolute atomic E-state index is 0.182. The second-order valence-electron chi connectivity index (χ2n) is 6.09. The van der Waals surface area contributed by atoms with Gasteiger partial charge in [-0.2, -0.15) is 0 Å². The molecule has 0 fully saturated rings.